The van der Waals surface area contributed by atoms with E-state index in [1.807, 2.05) is 11.3 Å². The van der Waals surface area contributed by atoms with Gasteiger partial charge in [-0.25, -0.2) is 0 Å². The van der Waals surface area contributed by atoms with E-state index in [-0.39, 0.29) is 0 Å². The Bertz CT molecular complexity index is 330. The fraction of sp³-hybridized carbons (Fsp3) is 0.714. The van der Waals surface area contributed by atoms with E-state index in [1.54, 1.807) is 0 Å². The van der Waals surface area contributed by atoms with Crippen LogP contribution in [0.3, 0.4) is 0 Å². The topological polar surface area (TPSA) is 3.24 Å². The van der Waals surface area contributed by atoms with Crippen LogP contribution >= 0.6 is 27.3 Å². The molecule has 0 N–H and O–H groups in total. The molecule has 1 saturated carbocycles. The van der Waals surface area contributed by atoms with E-state index in [2.05, 4.69) is 52.3 Å². The molecule has 2 rings (SSSR count). The summed E-state index contributed by atoms with van der Waals surface area (Å²) in [5.74, 6) is 0. The Kier molecular flexibility index (Phi) is 4.67. The van der Waals surface area contributed by atoms with Gasteiger partial charge in [-0.1, -0.05) is 34.8 Å². The summed E-state index contributed by atoms with van der Waals surface area (Å²) < 4.78 is 0. The van der Waals surface area contributed by atoms with Crippen molar-refractivity contribution in [3.05, 3.63) is 22.4 Å². The monoisotopic (exact) mass is 315 g/mol. The lowest BCUT2D eigenvalue weighted by Crippen LogP contribution is -2.36. The van der Waals surface area contributed by atoms with Crippen LogP contribution in [0, 0.1) is 5.41 Å². The van der Waals surface area contributed by atoms with Gasteiger partial charge in [0.2, 0.25) is 0 Å². The lowest BCUT2D eigenvalue weighted by molar-refractivity contribution is 0.165. The second-order valence-electron chi connectivity index (χ2n) is 5.45. The Balaban J connectivity index is 1.98. The van der Waals surface area contributed by atoms with Crippen LogP contribution in [-0.2, 0) is 0 Å². The van der Waals surface area contributed by atoms with Crippen molar-refractivity contribution in [1.29, 1.82) is 0 Å². The van der Waals surface area contributed by atoms with E-state index >= 15 is 0 Å². The molecular formula is C14H22BrNS. The third-order valence-electron chi connectivity index (χ3n) is 4.15. The molecule has 0 aliphatic heterocycles. The van der Waals surface area contributed by atoms with Crippen LogP contribution in [0.2, 0.25) is 0 Å². The van der Waals surface area contributed by atoms with Crippen molar-refractivity contribution < 1.29 is 0 Å². The van der Waals surface area contributed by atoms with E-state index in [4.69, 9.17) is 0 Å². The molecule has 0 amide bonds. The van der Waals surface area contributed by atoms with Crippen LogP contribution in [0.4, 0.5) is 0 Å². The molecule has 1 heterocycles. The number of hydrogen-bond acceptors (Lipinski definition) is 2. The van der Waals surface area contributed by atoms with Crippen molar-refractivity contribution in [1.82, 2.24) is 4.90 Å². The van der Waals surface area contributed by atoms with Crippen molar-refractivity contribution in [2.24, 2.45) is 5.41 Å². The molecule has 0 radical (unpaired) electrons. The van der Waals surface area contributed by atoms with Gasteiger partial charge in [-0.05, 0) is 43.7 Å². The largest absolute Gasteiger partial charge is 0.298 e. The number of rotatable bonds is 5. The molecule has 1 fully saturated rings. The molecular weight excluding hydrogens is 294 g/mol. The minimum atomic E-state index is 0.528. The fourth-order valence-corrected chi connectivity index (χ4v) is 4.46. The summed E-state index contributed by atoms with van der Waals surface area (Å²) in [4.78, 5) is 4.01. The molecule has 1 aromatic heterocycles. The van der Waals surface area contributed by atoms with Gasteiger partial charge in [-0.3, -0.25) is 4.90 Å². The number of hydrogen-bond donors (Lipinski definition) is 0. The lowest BCUT2D eigenvalue weighted by Gasteiger charge is -2.35. The minimum absolute atomic E-state index is 0.528. The standard InChI is InChI=1S/C14H22BrNS/c1-12(13-6-5-9-17-13)16(2)11-14(10-15)7-3-4-8-14/h5-6,9,12H,3-4,7-8,10-11H2,1-2H3. The smallest absolute Gasteiger partial charge is 0.0410 e. The van der Waals surface area contributed by atoms with E-state index in [9.17, 15) is 0 Å². The summed E-state index contributed by atoms with van der Waals surface area (Å²) in [6.07, 6.45) is 5.60. The lowest BCUT2D eigenvalue weighted by atomic mass is 9.88. The van der Waals surface area contributed by atoms with Crippen LogP contribution in [0.25, 0.3) is 0 Å². The van der Waals surface area contributed by atoms with Crippen molar-refractivity contribution >= 4 is 27.3 Å². The summed E-state index contributed by atoms with van der Waals surface area (Å²) in [5.41, 5.74) is 0.528. The minimum Gasteiger partial charge on any atom is -0.298 e. The van der Waals surface area contributed by atoms with Gasteiger partial charge in [0.25, 0.3) is 0 Å². The highest BCUT2D eigenvalue weighted by Crippen LogP contribution is 2.41. The van der Waals surface area contributed by atoms with Crippen LogP contribution in [0.15, 0.2) is 17.5 Å². The highest BCUT2D eigenvalue weighted by molar-refractivity contribution is 9.09. The second-order valence-corrected chi connectivity index (χ2v) is 6.99. The first-order valence-corrected chi connectivity index (χ1v) is 8.47. The van der Waals surface area contributed by atoms with Gasteiger partial charge in [0.1, 0.15) is 0 Å². The zero-order valence-electron chi connectivity index (χ0n) is 10.8. The summed E-state index contributed by atoms with van der Waals surface area (Å²) in [6, 6.07) is 4.95. The first kappa shape index (κ1) is 13.6. The number of alkyl halides is 1. The van der Waals surface area contributed by atoms with E-state index in [0.717, 1.165) is 5.33 Å². The first-order chi connectivity index (χ1) is 8.17. The highest BCUT2D eigenvalue weighted by atomic mass is 79.9. The molecule has 1 aliphatic carbocycles. The van der Waals surface area contributed by atoms with Gasteiger partial charge in [0, 0.05) is 22.8 Å². The molecule has 1 nitrogen and oxygen atoms in total. The Hall–Kier alpha value is 0.140. The molecule has 0 bridgehead atoms. The summed E-state index contributed by atoms with van der Waals surface area (Å²) in [6.45, 7) is 3.54. The second kappa shape index (κ2) is 5.85. The predicted octanol–water partition coefficient (Wildman–Crippen LogP) is 4.70. The van der Waals surface area contributed by atoms with Crippen LogP contribution in [0.5, 0.6) is 0 Å². The van der Waals surface area contributed by atoms with Crippen molar-refractivity contribution in [2.45, 2.75) is 38.6 Å². The maximum atomic E-state index is 3.74. The fourth-order valence-electron chi connectivity index (χ4n) is 2.87. The number of nitrogens with zero attached hydrogens (tertiary/aromatic N) is 1. The average Bonchev–Trinajstić information content (AvgIpc) is 2.99. The predicted molar refractivity (Wildman–Crippen MR) is 80.1 cm³/mol. The molecule has 1 unspecified atom stereocenters. The molecule has 3 heteroatoms. The van der Waals surface area contributed by atoms with Crippen LogP contribution in [-0.4, -0.2) is 23.8 Å². The van der Waals surface area contributed by atoms with Gasteiger partial charge in [0.05, 0.1) is 0 Å². The molecule has 0 aromatic carbocycles. The molecule has 1 atom stereocenters. The normalized spacial score (nSPS) is 20.9. The third kappa shape index (κ3) is 3.12. The molecule has 1 aromatic rings. The summed E-state index contributed by atoms with van der Waals surface area (Å²) in [5, 5.41) is 3.33. The first-order valence-electron chi connectivity index (χ1n) is 6.46. The van der Waals surface area contributed by atoms with Crippen molar-refractivity contribution in [3.63, 3.8) is 0 Å². The van der Waals surface area contributed by atoms with Crippen LogP contribution < -0.4 is 0 Å². The van der Waals surface area contributed by atoms with E-state index in [0.29, 0.717) is 11.5 Å². The number of halogens is 1. The average molecular weight is 316 g/mol. The highest BCUT2D eigenvalue weighted by Gasteiger charge is 2.34. The van der Waals surface area contributed by atoms with Crippen LogP contribution in [0.1, 0.15) is 43.5 Å². The Morgan fingerprint density at radius 3 is 2.71 bits per heavy atom. The van der Waals surface area contributed by atoms with E-state index < -0.39 is 0 Å². The van der Waals surface area contributed by atoms with Gasteiger partial charge < -0.3 is 0 Å². The zero-order valence-corrected chi connectivity index (χ0v) is 13.2. The Morgan fingerprint density at radius 2 is 2.18 bits per heavy atom. The molecule has 0 saturated heterocycles. The zero-order chi connectivity index (χ0) is 12.3. The molecule has 1 aliphatic rings. The SMILES string of the molecule is CC(c1cccs1)N(C)CC1(CBr)CCCC1. The Morgan fingerprint density at radius 1 is 1.47 bits per heavy atom. The third-order valence-corrected chi connectivity index (χ3v) is 6.38. The quantitative estimate of drug-likeness (QED) is 0.712. The Labute approximate surface area is 117 Å². The van der Waals surface area contributed by atoms with Gasteiger partial charge >= 0.3 is 0 Å². The summed E-state index contributed by atoms with van der Waals surface area (Å²) in [7, 11) is 2.27. The van der Waals surface area contributed by atoms with E-state index in [1.165, 1.54) is 37.1 Å². The van der Waals surface area contributed by atoms with Gasteiger partial charge in [0.15, 0.2) is 0 Å². The van der Waals surface area contributed by atoms with Gasteiger partial charge in [-0.15, -0.1) is 11.3 Å². The molecule has 96 valence electrons. The maximum Gasteiger partial charge on any atom is 0.0410 e. The molecule has 0 spiro atoms. The van der Waals surface area contributed by atoms with Gasteiger partial charge in [-0.2, -0.15) is 0 Å². The van der Waals surface area contributed by atoms with Crippen molar-refractivity contribution in [3.8, 4) is 0 Å². The molecule has 17 heavy (non-hydrogen) atoms. The van der Waals surface area contributed by atoms with Crippen molar-refractivity contribution in [2.75, 3.05) is 18.9 Å². The maximum absolute atomic E-state index is 3.74. The summed E-state index contributed by atoms with van der Waals surface area (Å²) >= 11 is 5.61. The number of thiophene rings is 1.